The summed E-state index contributed by atoms with van der Waals surface area (Å²) in [4.78, 5) is 41.5. The van der Waals surface area contributed by atoms with Crippen LogP contribution in [0.3, 0.4) is 0 Å². The molecule has 0 spiro atoms. The molecule has 33 heavy (non-hydrogen) atoms. The minimum Gasteiger partial charge on any atom is -0.492 e. The Morgan fingerprint density at radius 3 is 2.55 bits per heavy atom. The highest BCUT2D eigenvalue weighted by Crippen LogP contribution is 2.26. The Kier molecular flexibility index (Phi) is 6.83. The van der Waals surface area contributed by atoms with E-state index in [-0.39, 0.29) is 29.7 Å². The summed E-state index contributed by atoms with van der Waals surface area (Å²) in [7, 11) is 3.10. The zero-order valence-corrected chi connectivity index (χ0v) is 19.5. The van der Waals surface area contributed by atoms with Crippen molar-refractivity contribution in [2.75, 3.05) is 40.4 Å². The standard InChI is InChI=1S/C25H31N3O5/c1-17-4-6-18(7-5-17)15-27-9-8-20-24(25(31)32-3)21(13-23(30)28(20)11-10-27)33-16-19-12-22(29)26(2)14-19/h4-7,13,19H,8-12,14-16H2,1-3H3/t19-/m1/s1. The van der Waals surface area contributed by atoms with E-state index in [4.69, 9.17) is 9.47 Å². The number of likely N-dealkylation sites (tertiary alicyclic amines) is 1. The van der Waals surface area contributed by atoms with Gasteiger partial charge in [-0.15, -0.1) is 0 Å². The maximum atomic E-state index is 13.0. The number of carbonyl (C=O) groups is 2. The monoisotopic (exact) mass is 453 g/mol. The van der Waals surface area contributed by atoms with Gasteiger partial charge in [0.25, 0.3) is 5.56 Å². The first-order valence-electron chi connectivity index (χ1n) is 11.4. The molecule has 1 amide bonds. The molecule has 1 aromatic carbocycles. The lowest BCUT2D eigenvalue weighted by Crippen LogP contribution is -2.29. The second-order valence-corrected chi connectivity index (χ2v) is 8.98. The highest BCUT2D eigenvalue weighted by molar-refractivity contribution is 5.93. The zero-order chi connectivity index (χ0) is 23.5. The molecule has 8 heteroatoms. The number of methoxy groups -OCH3 is 1. The highest BCUT2D eigenvalue weighted by atomic mass is 16.5. The number of aromatic nitrogens is 1. The van der Waals surface area contributed by atoms with Gasteiger partial charge in [-0.25, -0.2) is 4.79 Å². The van der Waals surface area contributed by atoms with E-state index >= 15 is 0 Å². The number of carbonyl (C=O) groups excluding carboxylic acids is 2. The quantitative estimate of drug-likeness (QED) is 0.621. The molecule has 1 aromatic heterocycles. The van der Waals surface area contributed by atoms with Gasteiger partial charge in [0.05, 0.1) is 13.7 Å². The van der Waals surface area contributed by atoms with Gasteiger partial charge in [-0.2, -0.15) is 0 Å². The number of aryl methyl sites for hydroxylation is 1. The Balaban J connectivity index is 1.56. The average Bonchev–Trinajstić information content (AvgIpc) is 2.98. The van der Waals surface area contributed by atoms with Crippen molar-refractivity contribution >= 4 is 11.9 Å². The smallest absolute Gasteiger partial charge is 0.343 e. The number of rotatable bonds is 6. The van der Waals surface area contributed by atoms with Crippen molar-refractivity contribution < 1.29 is 19.1 Å². The minimum atomic E-state index is -0.514. The Bertz CT molecular complexity index is 1090. The van der Waals surface area contributed by atoms with Gasteiger partial charge in [0.2, 0.25) is 5.91 Å². The number of nitrogens with zero attached hydrogens (tertiary/aromatic N) is 3. The van der Waals surface area contributed by atoms with Crippen LogP contribution in [0.25, 0.3) is 0 Å². The van der Waals surface area contributed by atoms with Crippen molar-refractivity contribution in [2.45, 2.75) is 32.9 Å². The molecule has 2 aromatic rings. The fourth-order valence-electron chi connectivity index (χ4n) is 4.61. The number of amides is 1. The summed E-state index contributed by atoms with van der Waals surface area (Å²) in [6, 6.07) is 9.82. The van der Waals surface area contributed by atoms with Crippen LogP contribution in [0.5, 0.6) is 5.75 Å². The predicted molar refractivity (Wildman–Crippen MR) is 123 cm³/mol. The van der Waals surface area contributed by atoms with Crippen LogP contribution in [0, 0.1) is 12.8 Å². The molecular formula is C25H31N3O5. The molecule has 2 aliphatic heterocycles. The van der Waals surface area contributed by atoms with E-state index in [0.717, 1.165) is 6.54 Å². The van der Waals surface area contributed by atoms with E-state index in [2.05, 4.69) is 36.1 Å². The van der Waals surface area contributed by atoms with Gasteiger partial charge in [-0.3, -0.25) is 14.5 Å². The van der Waals surface area contributed by atoms with Crippen LogP contribution in [-0.4, -0.2) is 66.6 Å². The molecule has 176 valence electrons. The van der Waals surface area contributed by atoms with Crippen molar-refractivity contribution in [1.82, 2.24) is 14.4 Å². The average molecular weight is 454 g/mol. The first-order valence-corrected chi connectivity index (χ1v) is 11.4. The van der Waals surface area contributed by atoms with Crippen LogP contribution in [-0.2, 0) is 29.0 Å². The Morgan fingerprint density at radius 2 is 1.88 bits per heavy atom. The third kappa shape index (κ3) is 5.11. The molecule has 0 radical (unpaired) electrons. The van der Waals surface area contributed by atoms with Crippen LogP contribution in [0.4, 0.5) is 0 Å². The van der Waals surface area contributed by atoms with Crippen molar-refractivity contribution in [3.63, 3.8) is 0 Å². The van der Waals surface area contributed by atoms with E-state index in [1.165, 1.54) is 24.3 Å². The van der Waals surface area contributed by atoms with E-state index in [0.29, 0.717) is 50.3 Å². The van der Waals surface area contributed by atoms with Crippen molar-refractivity contribution in [3.8, 4) is 5.75 Å². The number of esters is 1. The van der Waals surface area contributed by atoms with E-state index in [1.807, 2.05) is 0 Å². The van der Waals surface area contributed by atoms with E-state index in [1.54, 1.807) is 16.5 Å². The largest absolute Gasteiger partial charge is 0.492 e. The highest BCUT2D eigenvalue weighted by Gasteiger charge is 2.30. The van der Waals surface area contributed by atoms with Crippen molar-refractivity contribution in [1.29, 1.82) is 0 Å². The molecule has 3 heterocycles. The van der Waals surface area contributed by atoms with Gasteiger partial charge < -0.3 is 18.9 Å². The molecule has 1 saturated heterocycles. The summed E-state index contributed by atoms with van der Waals surface area (Å²) in [6.07, 6.45) is 0.940. The van der Waals surface area contributed by atoms with Gasteiger partial charge in [0.1, 0.15) is 11.3 Å². The van der Waals surface area contributed by atoms with E-state index in [9.17, 15) is 14.4 Å². The normalized spacial score (nSPS) is 18.7. The molecule has 0 saturated carbocycles. The summed E-state index contributed by atoms with van der Waals surface area (Å²) in [6.45, 7) is 5.62. The number of hydrogen-bond acceptors (Lipinski definition) is 6. The van der Waals surface area contributed by atoms with Crippen molar-refractivity contribution in [2.24, 2.45) is 5.92 Å². The second-order valence-electron chi connectivity index (χ2n) is 8.98. The minimum absolute atomic E-state index is 0.0274. The first kappa shape index (κ1) is 23.0. The predicted octanol–water partition coefficient (Wildman–Crippen LogP) is 1.86. The Hall–Kier alpha value is -3.13. The van der Waals surface area contributed by atoms with Crippen LogP contribution in [0.1, 0.15) is 33.6 Å². The SMILES string of the molecule is COC(=O)c1c(OC[C@@H]2CC(=O)N(C)C2)cc(=O)n2c1CCN(Cc1ccc(C)cc1)CC2. The Labute approximate surface area is 193 Å². The summed E-state index contributed by atoms with van der Waals surface area (Å²) < 4.78 is 12.7. The number of ether oxygens (including phenoxy) is 2. The third-order valence-corrected chi connectivity index (χ3v) is 6.50. The van der Waals surface area contributed by atoms with E-state index < -0.39 is 5.97 Å². The molecule has 2 aliphatic rings. The summed E-state index contributed by atoms with van der Waals surface area (Å²) >= 11 is 0. The second kappa shape index (κ2) is 9.79. The molecule has 1 atom stereocenters. The summed E-state index contributed by atoms with van der Waals surface area (Å²) in [5, 5.41) is 0. The molecule has 0 bridgehead atoms. The van der Waals surface area contributed by atoms with Gasteiger partial charge in [-0.05, 0) is 12.5 Å². The number of hydrogen-bond donors (Lipinski definition) is 0. The first-order chi connectivity index (χ1) is 15.9. The number of fused-ring (bicyclic) bond motifs is 1. The maximum Gasteiger partial charge on any atom is 0.343 e. The molecule has 1 fully saturated rings. The lowest BCUT2D eigenvalue weighted by atomic mass is 10.1. The van der Waals surface area contributed by atoms with Gasteiger partial charge in [-0.1, -0.05) is 29.8 Å². The number of benzene rings is 1. The van der Waals surface area contributed by atoms with Crippen LogP contribution in [0.15, 0.2) is 35.1 Å². The number of pyridine rings is 1. The Morgan fingerprint density at radius 1 is 1.12 bits per heavy atom. The van der Waals surface area contributed by atoms with Gasteiger partial charge in [0.15, 0.2) is 0 Å². The molecule has 0 N–H and O–H groups in total. The maximum absolute atomic E-state index is 13.0. The molecule has 0 unspecified atom stereocenters. The third-order valence-electron chi connectivity index (χ3n) is 6.50. The molecule has 8 nitrogen and oxygen atoms in total. The summed E-state index contributed by atoms with van der Waals surface area (Å²) in [5.74, 6) is -0.167. The molecule has 0 aliphatic carbocycles. The summed E-state index contributed by atoms with van der Waals surface area (Å²) in [5.41, 5.74) is 3.21. The zero-order valence-electron chi connectivity index (χ0n) is 19.5. The molecule has 4 rings (SSSR count). The van der Waals surface area contributed by atoms with Crippen LogP contribution >= 0.6 is 0 Å². The van der Waals surface area contributed by atoms with Crippen LogP contribution in [0.2, 0.25) is 0 Å². The fourth-order valence-corrected chi connectivity index (χ4v) is 4.61. The van der Waals surface area contributed by atoms with Gasteiger partial charge >= 0.3 is 5.97 Å². The van der Waals surface area contributed by atoms with Crippen LogP contribution < -0.4 is 10.3 Å². The lowest BCUT2D eigenvalue weighted by Gasteiger charge is -2.19. The topological polar surface area (TPSA) is 81.1 Å². The van der Waals surface area contributed by atoms with Crippen molar-refractivity contribution in [3.05, 3.63) is 63.1 Å². The fraction of sp³-hybridized carbons (Fsp3) is 0.480. The van der Waals surface area contributed by atoms with Gasteiger partial charge in [0, 0.05) is 70.3 Å². The lowest BCUT2D eigenvalue weighted by molar-refractivity contribution is -0.126. The molecular weight excluding hydrogens is 422 g/mol.